The zero-order chi connectivity index (χ0) is 18.3. The predicted octanol–water partition coefficient (Wildman–Crippen LogP) is 2.05. The molecule has 140 valence electrons. The molecule has 0 aromatic carbocycles. The van der Waals surface area contributed by atoms with Gasteiger partial charge in [-0.1, -0.05) is 0 Å². The second kappa shape index (κ2) is 6.75. The molecule has 8 nitrogen and oxygen atoms in total. The van der Waals surface area contributed by atoms with E-state index in [0.717, 1.165) is 42.7 Å². The van der Waals surface area contributed by atoms with Gasteiger partial charge in [0.2, 0.25) is 0 Å². The molecule has 1 amide bonds. The molecule has 0 spiro atoms. The summed E-state index contributed by atoms with van der Waals surface area (Å²) < 4.78 is 5.31. The molecule has 8 heteroatoms. The lowest BCUT2D eigenvalue weighted by molar-refractivity contribution is 0.0748. The molecule has 1 unspecified atom stereocenters. The number of carbonyl (C=O) groups is 1. The molecule has 26 heavy (non-hydrogen) atoms. The Bertz CT molecular complexity index is 791. The summed E-state index contributed by atoms with van der Waals surface area (Å²) in [5, 5.41) is 1.02. The summed E-state index contributed by atoms with van der Waals surface area (Å²) in [6.07, 6.45) is 6.38. The number of hydrogen-bond acceptors (Lipinski definition) is 6. The number of rotatable bonds is 3. The van der Waals surface area contributed by atoms with Crippen LogP contribution in [0, 0.1) is 0 Å². The average molecular weight is 358 g/mol. The summed E-state index contributed by atoms with van der Waals surface area (Å²) in [6, 6.07) is 2.39. The van der Waals surface area contributed by atoms with Crippen LogP contribution in [0.25, 0.3) is 11.0 Å². The van der Waals surface area contributed by atoms with E-state index in [-0.39, 0.29) is 24.3 Å². The van der Waals surface area contributed by atoms with E-state index >= 15 is 0 Å². The standard InChI is InChI=1S/C18H26N6O2/c1-4-26-18(25)23-9-5-6-13-14(23)10-15(22(2)3)24(13)17-12-7-8-19-16(12)20-11-21-17/h7-8,11,13-15H,4-6,9-10H2,1-3H3,(H,19,20,21)/t13-,14-,15?/m1/s1. The molecule has 3 atom stereocenters. The number of carbonyl (C=O) groups excluding carboxylic acids is 1. The van der Waals surface area contributed by atoms with Gasteiger partial charge in [-0.25, -0.2) is 14.8 Å². The van der Waals surface area contributed by atoms with Crippen molar-refractivity contribution >= 4 is 22.9 Å². The molecule has 2 saturated heterocycles. The Morgan fingerprint density at radius 3 is 3.00 bits per heavy atom. The summed E-state index contributed by atoms with van der Waals surface area (Å²) >= 11 is 0. The smallest absolute Gasteiger partial charge is 0.410 e. The number of H-pyrrole nitrogens is 1. The Hall–Kier alpha value is -2.35. The van der Waals surface area contributed by atoms with Gasteiger partial charge in [0.25, 0.3) is 0 Å². The second-order valence-corrected chi connectivity index (χ2v) is 7.19. The number of fused-ring (bicyclic) bond motifs is 2. The van der Waals surface area contributed by atoms with E-state index in [1.54, 1.807) is 6.33 Å². The number of ether oxygens (including phenoxy) is 1. The lowest BCUT2D eigenvalue weighted by Crippen LogP contribution is -2.53. The van der Waals surface area contributed by atoms with Crippen LogP contribution >= 0.6 is 0 Å². The van der Waals surface area contributed by atoms with Crippen molar-refractivity contribution in [2.24, 2.45) is 0 Å². The maximum atomic E-state index is 12.5. The van der Waals surface area contributed by atoms with Crippen molar-refractivity contribution in [2.45, 2.75) is 44.4 Å². The number of amides is 1. The molecule has 2 aliphatic heterocycles. The largest absolute Gasteiger partial charge is 0.450 e. The van der Waals surface area contributed by atoms with E-state index in [4.69, 9.17) is 4.74 Å². The van der Waals surface area contributed by atoms with Crippen LogP contribution in [0.15, 0.2) is 18.6 Å². The Kier molecular flexibility index (Phi) is 4.44. The fourth-order valence-corrected chi connectivity index (χ4v) is 4.45. The van der Waals surface area contributed by atoms with Gasteiger partial charge in [0.15, 0.2) is 0 Å². The Morgan fingerprint density at radius 2 is 2.23 bits per heavy atom. The number of likely N-dealkylation sites (tertiary alicyclic amines) is 1. The number of nitrogens with one attached hydrogen (secondary N) is 1. The van der Waals surface area contributed by atoms with Gasteiger partial charge in [-0.05, 0) is 39.9 Å². The van der Waals surface area contributed by atoms with Gasteiger partial charge in [-0.15, -0.1) is 0 Å². The van der Waals surface area contributed by atoms with Crippen LogP contribution in [-0.4, -0.2) is 76.3 Å². The molecule has 2 aliphatic rings. The summed E-state index contributed by atoms with van der Waals surface area (Å²) in [4.78, 5) is 31.1. The number of nitrogens with zero attached hydrogens (tertiary/aromatic N) is 5. The molecule has 0 aliphatic carbocycles. The van der Waals surface area contributed by atoms with Crippen molar-refractivity contribution in [2.75, 3.05) is 32.1 Å². The second-order valence-electron chi connectivity index (χ2n) is 7.19. The number of piperidine rings is 1. The Balaban J connectivity index is 1.73. The molecule has 0 bridgehead atoms. The van der Waals surface area contributed by atoms with Crippen molar-refractivity contribution in [3.8, 4) is 0 Å². The third-order valence-electron chi connectivity index (χ3n) is 5.55. The number of anilines is 1. The average Bonchev–Trinajstić information content (AvgIpc) is 3.25. The molecule has 0 saturated carbocycles. The first-order valence-corrected chi connectivity index (χ1v) is 9.28. The predicted molar refractivity (Wildman–Crippen MR) is 99.0 cm³/mol. The quantitative estimate of drug-likeness (QED) is 0.905. The molecule has 2 fully saturated rings. The number of aromatic amines is 1. The first-order valence-electron chi connectivity index (χ1n) is 9.28. The zero-order valence-corrected chi connectivity index (χ0v) is 15.6. The van der Waals surface area contributed by atoms with Crippen LogP contribution in [0.2, 0.25) is 0 Å². The van der Waals surface area contributed by atoms with E-state index in [9.17, 15) is 4.79 Å². The first kappa shape index (κ1) is 17.1. The highest BCUT2D eigenvalue weighted by Crippen LogP contribution is 2.40. The fraction of sp³-hybridized carbons (Fsp3) is 0.611. The van der Waals surface area contributed by atoms with Crippen molar-refractivity contribution in [1.82, 2.24) is 24.8 Å². The first-order chi connectivity index (χ1) is 12.6. The lowest BCUT2D eigenvalue weighted by atomic mass is 9.97. The fourth-order valence-electron chi connectivity index (χ4n) is 4.45. The third-order valence-corrected chi connectivity index (χ3v) is 5.55. The molecular weight excluding hydrogens is 332 g/mol. The van der Waals surface area contributed by atoms with E-state index in [2.05, 4.69) is 38.8 Å². The van der Waals surface area contributed by atoms with Gasteiger partial charge in [-0.3, -0.25) is 4.90 Å². The van der Waals surface area contributed by atoms with Crippen LogP contribution in [0.3, 0.4) is 0 Å². The maximum absolute atomic E-state index is 12.5. The third kappa shape index (κ3) is 2.68. The molecule has 2 aromatic heterocycles. The maximum Gasteiger partial charge on any atom is 0.410 e. The summed E-state index contributed by atoms with van der Waals surface area (Å²) in [5.41, 5.74) is 0.842. The van der Waals surface area contributed by atoms with Gasteiger partial charge >= 0.3 is 6.09 Å². The molecular formula is C18H26N6O2. The van der Waals surface area contributed by atoms with Crippen LogP contribution in [0.5, 0.6) is 0 Å². The summed E-state index contributed by atoms with van der Waals surface area (Å²) in [5.74, 6) is 0.938. The van der Waals surface area contributed by atoms with Gasteiger partial charge in [0, 0.05) is 19.2 Å². The van der Waals surface area contributed by atoms with E-state index in [1.807, 2.05) is 24.1 Å². The van der Waals surface area contributed by atoms with E-state index in [0.29, 0.717) is 6.61 Å². The van der Waals surface area contributed by atoms with Crippen LogP contribution in [-0.2, 0) is 4.74 Å². The minimum atomic E-state index is -0.198. The van der Waals surface area contributed by atoms with E-state index in [1.165, 1.54) is 0 Å². The molecule has 0 radical (unpaired) electrons. The van der Waals surface area contributed by atoms with Crippen LogP contribution in [0.1, 0.15) is 26.2 Å². The lowest BCUT2D eigenvalue weighted by Gasteiger charge is -2.40. The van der Waals surface area contributed by atoms with Crippen LogP contribution < -0.4 is 4.90 Å². The highest BCUT2D eigenvalue weighted by atomic mass is 16.6. The number of hydrogen-bond donors (Lipinski definition) is 1. The Morgan fingerprint density at radius 1 is 1.38 bits per heavy atom. The van der Waals surface area contributed by atoms with Crippen LogP contribution in [0.4, 0.5) is 10.6 Å². The monoisotopic (exact) mass is 358 g/mol. The molecule has 4 rings (SSSR count). The summed E-state index contributed by atoms with van der Waals surface area (Å²) in [6.45, 7) is 3.02. The van der Waals surface area contributed by atoms with Crippen molar-refractivity contribution in [3.63, 3.8) is 0 Å². The minimum Gasteiger partial charge on any atom is -0.450 e. The van der Waals surface area contributed by atoms with Crippen molar-refractivity contribution < 1.29 is 9.53 Å². The number of aromatic nitrogens is 3. The highest BCUT2D eigenvalue weighted by molar-refractivity contribution is 5.87. The Labute approximate surface area is 153 Å². The minimum absolute atomic E-state index is 0.138. The molecule has 2 aromatic rings. The van der Waals surface area contributed by atoms with Gasteiger partial charge < -0.3 is 19.5 Å². The van der Waals surface area contributed by atoms with Gasteiger partial charge in [0.1, 0.15) is 17.8 Å². The molecule has 4 heterocycles. The zero-order valence-electron chi connectivity index (χ0n) is 15.6. The highest BCUT2D eigenvalue weighted by Gasteiger charge is 2.49. The summed E-state index contributed by atoms with van der Waals surface area (Å²) in [7, 11) is 4.17. The topological polar surface area (TPSA) is 77.6 Å². The van der Waals surface area contributed by atoms with Crippen molar-refractivity contribution in [3.05, 3.63) is 18.6 Å². The molecule has 1 N–H and O–H groups in total. The van der Waals surface area contributed by atoms with E-state index < -0.39 is 0 Å². The van der Waals surface area contributed by atoms with Crippen molar-refractivity contribution in [1.29, 1.82) is 0 Å². The van der Waals surface area contributed by atoms with Gasteiger partial charge in [0.05, 0.1) is 30.2 Å². The SMILES string of the molecule is CCOC(=O)N1CCC[C@@H]2[C@H]1CC(N(C)C)N2c1ncnc2[nH]ccc12. The van der Waals surface area contributed by atoms with Gasteiger partial charge in [-0.2, -0.15) is 0 Å². The normalized spacial score (nSPS) is 25.8.